The second-order valence-corrected chi connectivity index (χ2v) is 6.86. The molecule has 7 heteroatoms. The largest absolute Gasteiger partial charge is 0.290 e. The second kappa shape index (κ2) is 6.34. The molecule has 0 saturated heterocycles. The number of nitrogens with one attached hydrogen (secondary N) is 1. The van der Waals surface area contributed by atoms with Gasteiger partial charge >= 0.3 is 0 Å². The van der Waals surface area contributed by atoms with Crippen LogP contribution < -0.4 is 5.56 Å². The van der Waals surface area contributed by atoms with Gasteiger partial charge in [-0.05, 0) is 27.9 Å². The molecular weight excluding hydrogens is 412 g/mol. The van der Waals surface area contributed by atoms with E-state index in [1.807, 2.05) is 37.3 Å². The molecule has 114 valence electrons. The number of rotatable bonds is 4. The first-order valence-electron chi connectivity index (χ1n) is 6.94. The van der Waals surface area contributed by atoms with E-state index >= 15 is 0 Å². The van der Waals surface area contributed by atoms with Gasteiger partial charge in [0.05, 0.1) is 11.4 Å². The zero-order valence-electron chi connectivity index (χ0n) is 11.9. The normalized spacial score (nSPS) is 12.7. The zero-order chi connectivity index (χ0) is 15.7. The average molecular weight is 426 g/mol. The van der Waals surface area contributed by atoms with Gasteiger partial charge < -0.3 is 0 Å². The molecule has 1 aromatic carbocycles. The number of H-pyrrole nitrogens is 1. The Hall–Kier alpha value is -1.47. The maximum atomic E-state index is 12.9. The Morgan fingerprint density at radius 2 is 2.05 bits per heavy atom. The minimum Gasteiger partial charge on any atom is -0.290 e. The molecule has 0 bridgehead atoms. The third-order valence-corrected chi connectivity index (χ3v) is 5.11. The Labute approximate surface area is 144 Å². The van der Waals surface area contributed by atoms with Gasteiger partial charge in [0, 0.05) is 0 Å². The number of halogens is 2. The monoisotopic (exact) mass is 424 g/mol. The molecule has 0 aliphatic heterocycles. The third-order valence-electron chi connectivity index (χ3n) is 3.48. The molecule has 0 radical (unpaired) electrons. The number of aromatic amines is 1. The summed E-state index contributed by atoms with van der Waals surface area (Å²) < 4.78 is 2.27. The van der Waals surface area contributed by atoms with Gasteiger partial charge in [-0.25, -0.2) is 4.98 Å². The van der Waals surface area contributed by atoms with Crippen molar-refractivity contribution in [1.29, 1.82) is 0 Å². The van der Waals surface area contributed by atoms with Gasteiger partial charge in [0.25, 0.3) is 5.56 Å². The van der Waals surface area contributed by atoms with Crippen LogP contribution in [0.1, 0.15) is 29.6 Å². The quantitative estimate of drug-likeness (QED) is 0.647. The van der Waals surface area contributed by atoms with Crippen LogP contribution in [0, 0.1) is 0 Å². The summed E-state index contributed by atoms with van der Waals surface area (Å²) in [5.41, 5.74) is 1.40. The lowest BCUT2D eigenvalue weighted by Gasteiger charge is -2.15. The molecule has 5 nitrogen and oxygen atoms in total. The molecule has 0 aliphatic carbocycles. The van der Waals surface area contributed by atoms with Crippen LogP contribution in [0.2, 0.25) is 0 Å². The van der Waals surface area contributed by atoms with Crippen molar-refractivity contribution in [3.63, 3.8) is 0 Å². The Balaban J connectivity index is 2.22. The van der Waals surface area contributed by atoms with E-state index in [9.17, 15) is 4.79 Å². The van der Waals surface area contributed by atoms with Gasteiger partial charge in [-0.15, -0.1) is 0 Å². The van der Waals surface area contributed by atoms with Crippen LogP contribution in [-0.2, 0) is 6.54 Å². The van der Waals surface area contributed by atoms with Crippen molar-refractivity contribution in [2.75, 3.05) is 0 Å². The van der Waals surface area contributed by atoms with E-state index in [4.69, 9.17) is 0 Å². The first-order chi connectivity index (χ1) is 10.6. The summed E-state index contributed by atoms with van der Waals surface area (Å²) in [5, 5.41) is 7.34. The van der Waals surface area contributed by atoms with Crippen molar-refractivity contribution >= 4 is 42.9 Å². The number of nitrogens with zero attached hydrogens (tertiary/aromatic N) is 3. The predicted octanol–water partition coefficient (Wildman–Crippen LogP) is 3.78. The maximum absolute atomic E-state index is 12.9. The molecule has 2 aromatic heterocycles. The molecule has 0 spiro atoms. The predicted molar refractivity (Wildman–Crippen MR) is 93.4 cm³/mol. The summed E-state index contributed by atoms with van der Waals surface area (Å²) in [6, 6.07) is 9.89. The molecule has 3 rings (SSSR count). The van der Waals surface area contributed by atoms with Crippen molar-refractivity contribution in [3.8, 4) is 0 Å². The number of aromatic nitrogens is 4. The lowest BCUT2D eigenvalue weighted by atomic mass is 10.2. The van der Waals surface area contributed by atoms with Gasteiger partial charge in [-0.2, -0.15) is 5.10 Å². The van der Waals surface area contributed by atoms with Gasteiger partial charge in [0.1, 0.15) is 15.8 Å². The topological polar surface area (TPSA) is 63.6 Å². The summed E-state index contributed by atoms with van der Waals surface area (Å²) >= 11 is 6.94. The molecule has 3 aromatic rings. The zero-order valence-corrected chi connectivity index (χ0v) is 15.1. The molecule has 1 atom stereocenters. The summed E-state index contributed by atoms with van der Waals surface area (Å²) in [6.45, 7) is 2.53. The smallest absolute Gasteiger partial charge is 0.266 e. The molecule has 0 amide bonds. The van der Waals surface area contributed by atoms with E-state index in [0.717, 1.165) is 12.0 Å². The first kappa shape index (κ1) is 15.4. The highest BCUT2D eigenvalue weighted by molar-refractivity contribution is 9.10. The fourth-order valence-electron chi connectivity index (χ4n) is 2.33. The van der Waals surface area contributed by atoms with E-state index < -0.39 is 0 Å². The number of hydrogen-bond donors (Lipinski definition) is 1. The molecule has 22 heavy (non-hydrogen) atoms. The molecule has 0 aliphatic rings. The Morgan fingerprint density at radius 3 is 2.73 bits per heavy atom. The molecule has 0 saturated carbocycles. The van der Waals surface area contributed by atoms with Gasteiger partial charge in [-0.3, -0.25) is 14.5 Å². The van der Waals surface area contributed by atoms with Crippen LogP contribution in [0.3, 0.4) is 0 Å². The second-order valence-electron chi connectivity index (χ2n) is 4.96. The van der Waals surface area contributed by atoms with Crippen LogP contribution >= 0.6 is 31.9 Å². The van der Waals surface area contributed by atoms with Gasteiger partial charge in [0.15, 0.2) is 5.65 Å². The summed E-state index contributed by atoms with van der Waals surface area (Å²) in [6.07, 6.45) is 0.832. The fraction of sp³-hybridized carbons (Fsp3) is 0.267. The van der Waals surface area contributed by atoms with E-state index in [2.05, 4.69) is 47.0 Å². The SMILES string of the molecule is CCC(Br)c1nc2n[nH]c(Br)c2c(=O)n1Cc1ccccc1. The van der Waals surface area contributed by atoms with Crippen molar-refractivity contribution in [2.24, 2.45) is 0 Å². The third kappa shape index (κ3) is 2.75. The van der Waals surface area contributed by atoms with Crippen molar-refractivity contribution in [1.82, 2.24) is 19.7 Å². The van der Waals surface area contributed by atoms with Crippen molar-refractivity contribution < 1.29 is 0 Å². The first-order valence-corrected chi connectivity index (χ1v) is 8.65. The average Bonchev–Trinajstić information content (AvgIpc) is 2.91. The lowest BCUT2D eigenvalue weighted by Crippen LogP contribution is -2.26. The standard InChI is InChI=1S/C15H14Br2N4O/c1-2-10(16)14-18-13-11(12(17)19-20-13)15(22)21(14)8-9-6-4-3-5-7-9/h3-7,10H,2,8H2,1H3,(H,19,20). The highest BCUT2D eigenvalue weighted by Gasteiger charge is 2.19. The molecule has 0 fully saturated rings. The van der Waals surface area contributed by atoms with E-state index in [-0.39, 0.29) is 10.4 Å². The number of benzene rings is 1. The van der Waals surface area contributed by atoms with Crippen LogP contribution in [0.15, 0.2) is 39.7 Å². The Kier molecular flexibility index (Phi) is 4.44. The van der Waals surface area contributed by atoms with E-state index in [1.165, 1.54) is 0 Å². The minimum absolute atomic E-state index is 0.00351. The highest BCUT2D eigenvalue weighted by Crippen LogP contribution is 2.26. The molecule has 1 N–H and O–H groups in total. The van der Waals surface area contributed by atoms with Crippen LogP contribution in [0.4, 0.5) is 0 Å². The summed E-state index contributed by atoms with van der Waals surface area (Å²) in [7, 11) is 0. The Bertz CT molecular complexity index is 857. The molecular formula is C15H14Br2N4O. The Morgan fingerprint density at radius 1 is 1.32 bits per heavy atom. The van der Waals surface area contributed by atoms with E-state index in [1.54, 1.807) is 4.57 Å². The number of hydrogen-bond acceptors (Lipinski definition) is 3. The fourth-order valence-corrected chi connectivity index (χ4v) is 3.12. The lowest BCUT2D eigenvalue weighted by molar-refractivity contribution is 0.661. The van der Waals surface area contributed by atoms with Crippen molar-refractivity contribution in [3.05, 3.63) is 56.7 Å². The minimum atomic E-state index is -0.0950. The summed E-state index contributed by atoms with van der Waals surface area (Å²) in [5.74, 6) is 0.697. The summed E-state index contributed by atoms with van der Waals surface area (Å²) in [4.78, 5) is 17.4. The highest BCUT2D eigenvalue weighted by atomic mass is 79.9. The van der Waals surface area contributed by atoms with Crippen LogP contribution in [-0.4, -0.2) is 19.7 Å². The molecule has 2 heterocycles. The van der Waals surface area contributed by atoms with E-state index in [0.29, 0.717) is 28.0 Å². The van der Waals surface area contributed by atoms with Gasteiger partial charge in [0.2, 0.25) is 0 Å². The van der Waals surface area contributed by atoms with Crippen LogP contribution in [0.5, 0.6) is 0 Å². The maximum Gasteiger partial charge on any atom is 0.266 e. The number of alkyl halides is 1. The molecule has 1 unspecified atom stereocenters. The van der Waals surface area contributed by atoms with Crippen molar-refractivity contribution in [2.45, 2.75) is 24.7 Å². The van der Waals surface area contributed by atoms with Gasteiger partial charge in [-0.1, -0.05) is 53.2 Å². The van der Waals surface area contributed by atoms with Crippen LogP contribution in [0.25, 0.3) is 11.0 Å². The number of fused-ring (bicyclic) bond motifs is 1.